The van der Waals surface area contributed by atoms with E-state index in [9.17, 15) is 19.5 Å². The quantitative estimate of drug-likeness (QED) is 0.837. The predicted molar refractivity (Wildman–Crippen MR) is 94.2 cm³/mol. The number of amides is 2. The molecule has 2 aliphatic heterocycles. The van der Waals surface area contributed by atoms with Gasteiger partial charge in [0.25, 0.3) is 5.56 Å². The Bertz CT molecular complexity index is 798. The summed E-state index contributed by atoms with van der Waals surface area (Å²) >= 11 is 0. The number of hydrogen-bond donors (Lipinski definition) is 1. The number of aliphatic hydroxyl groups is 1. The molecule has 4 atom stereocenters. The number of aromatic nitrogens is 1. The fraction of sp³-hybridized carbons (Fsp3) is 0.632. The highest BCUT2D eigenvalue weighted by Gasteiger charge is 2.58. The lowest BCUT2D eigenvalue weighted by Gasteiger charge is -2.37. The number of carbonyl (C=O) groups excluding carboxylic acids is 2. The Balaban J connectivity index is 1.82. The second-order valence-corrected chi connectivity index (χ2v) is 7.91. The standard InChI is InChI=1S/C19H25N3O4/c1-20(2)19(26)17-13(10-23)12-9-21-14(7-4-8-15(21)24)16(12)22(17)18(25)11-5-3-6-11/h4,7-8,11-13,16-17,23H,3,5-6,9-10H2,1-2H3/t12-,13-,16+,17-/m1/s1. The van der Waals surface area contributed by atoms with Crippen molar-refractivity contribution in [2.45, 2.75) is 37.9 Å². The number of rotatable bonds is 3. The number of aliphatic hydroxyl groups excluding tert-OH is 1. The Hall–Kier alpha value is -2.15. The molecule has 2 amide bonds. The molecule has 2 fully saturated rings. The maximum atomic E-state index is 13.3. The first kappa shape index (κ1) is 17.3. The largest absolute Gasteiger partial charge is 0.396 e. The monoisotopic (exact) mass is 359 g/mol. The lowest BCUT2D eigenvalue weighted by atomic mass is 9.84. The lowest BCUT2D eigenvalue weighted by Crippen LogP contribution is -2.52. The summed E-state index contributed by atoms with van der Waals surface area (Å²) in [6.07, 6.45) is 2.73. The molecule has 1 aromatic heterocycles. The molecule has 140 valence electrons. The van der Waals surface area contributed by atoms with E-state index in [1.165, 1.54) is 11.0 Å². The van der Waals surface area contributed by atoms with Gasteiger partial charge in [0.1, 0.15) is 6.04 Å². The highest BCUT2D eigenvalue weighted by Crippen LogP contribution is 2.50. The molecule has 7 heteroatoms. The van der Waals surface area contributed by atoms with Crippen molar-refractivity contribution in [2.75, 3.05) is 20.7 Å². The summed E-state index contributed by atoms with van der Waals surface area (Å²) in [7, 11) is 3.35. The van der Waals surface area contributed by atoms with E-state index in [4.69, 9.17) is 0 Å². The average molecular weight is 359 g/mol. The number of pyridine rings is 1. The van der Waals surface area contributed by atoms with Gasteiger partial charge in [0.15, 0.2) is 0 Å². The molecule has 0 spiro atoms. The van der Waals surface area contributed by atoms with Crippen molar-refractivity contribution in [3.05, 3.63) is 34.2 Å². The highest BCUT2D eigenvalue weighted by atomic mass is 16.3. The van der Waals surface area contributed by atoms with E-state index >= 15 is 0 Å². The smallest absolute Gasteiger partial charge is 0.250 e. The van der Waals surface area contributed by atoms with E-state index in [-0.39, 0.29) is 47.8 Å². The number of carbonyl (C=O) groups is 2. The first-order chi connectivity index (χ1) is 12.5. The van der Waals surface area contributed by atoms with E-state index in [2.05, 4.69) is 0 Å². The second-order valence-electron chi connectivity index (χ2n) is 7.91. The average Bonchev–Trinajstić information content (AvgIpc) is 3.07. The van der Waals surface area contributed by atoms with Gasteiger partial charge in [-0.1, -0.05) is 12.5 Å². The van der Waals surface area contributed by atoms with Crippen LogP contribution in [0.1, 0.15) is 31.0 Å². The molecule has 1 aliphatic carbocycles. The zero-order valence-electron chi connectivity index (χ0n) is 15.2. The minimum absolute atomic E-state index is 0.00727. The number of fused-ring (bicyclic) bond motifs is 3. The summed E-state index contributed by atoms with van der Waals surface area (Å²) in [4.78, 5) is 41.6. The molecule has 1 saturated heterocycles. The van der Waals surface area contributed by atoms with Crippen LogP contribution in [0.5, 0.6) is 0 Å². The predicted octanol–water partition coefficient (Wildman–Crippen LogP) is 0.227. The molecule has 1 aromatic rings. The molecule has 0 radical (unpaired) electrons. The van der Waals surface area contributed by atoms with Gasteiger partial charge in [-0.3, -0.25) is 14.4 Å². The van der Waals surface area contributed by atoms with Gasteiger partial charge < -0.3 is 19.5 Å². The molecule has 7 nitrogen and oxygen atoms in total. The van der Waals surface area contributed by atoms with Gasteiger partial charge >= 0.3 is 0 Å². The number of likely N-dealkylation sites (N-methyl/N-ethyl adjacent to an activating group) is 1. The fourth-order valence-electron chi connectivity index (χ4n) is 4.79. The molecule has 0 unspecified atom stereocenters. The first-order valence-corrected chi connectivity index (χ1v) is 9.29. The molecule has 3 aliphatic rings. The van der Waals surface area contributed by atoms with Gasteiger partial charge in [0.2, 0.25) is 11.8 Å². The minimum Gasteiger partial charge on any atom is -0.396 e. The van der Waals surface area contributed by atoms with Crippen molar-refractivity contribution in [3.8, 4) is 0 Å². The Labute approximate surface area is 152 Å². The van der Waals surface area contributed by atoms with E-state index in [1.54, 1.807) is 29.6 Å². The third kappa shape index (κ3) is 2.33. The molecule has 0 bridgehead atoms. The maximum absolute atomic E-state index is 13.3. The Morgan fingerprint density at radius 2 is 2.00 bits per heavy atom. The third-order valence-electron chi connectivity index (χ3n) is 6.35. The van der Waals surface area contributed by atoms with Crippen molar-refractivity contribution >= 4 is 11.8 Å². The maximum Gasteiger partial charge on any atom is 0.250 e. The van der Waals surface area contributed by atoms with Gasteiger partial charge in [-0.15, -0.1) is 0 Å². The summed E-state index contributed by atoms with van der Waals surface area (Å²) in [6, 6.07) is 4.10. The van der Waals surface area contributed by atoms with Crippen LogP contribution in [0.3, 0.4) is 0 Å². The van der Waals surface area contributed by atoms with Crippen molar-refractivity contribution in [3.63, 3.8) is 0 Å². The van der Waals surface area contributed by atoms with Gasteiger partial charge in [-0.05, 0) is 18.9 Å². The van der Waals surface area contributed by atoms with Crippen LogP contribution >= 0.6 is 0 Å². The number of hydrogen-bond acceptors (Lipinski definition) is 4. The minimum atomic E-state index is -0.665. The Morgan fingerprint density at radius 3 is 2.58 bits per heavy atom. The van der Waals surface area contributed by atoms with Crippen LogP contribution in [-0.4, -0.2) is 58.0 Å². The van der Waals surface area contributed by atoms with Crippen molar-refractivity contribution < 1.29 is 14.7 Å². The molecule has 1 N–H and O–H groups in total. The summed E-state index contributed by atoms with van der Waals surface area (Å²) < 4.78 is 1.69. The molecule has 4 rings (SSSR count). The van der Waals surface area contributed by atoms with Crippen molar-refractivity contribution in [1.82, 2.24) is 14.4 Å². The van der Waals surface area contributed by atoms with Gasteiger partial charge in [-0.2, -0.15) is 0 Å². The number of nitrogens with zero attached hydrogens (tertiary/aromatic N) is 3. The second kappa shape index (κ2) is 6.23. The van der Waals surface area contributed by atoms with Crippen molar-refractivity contribution in [2.24, 2.45) is 17.8 Å². The molecule has 26 heavy (non-hydrogen) atoms. The van der Waals surface area contributed by atoms with Crippen molar-refractivity contribution in [1.29, 1.82) is 0 Å². The van der Waals surface area contributed by atoms with Crippen LogP contribution < -0.4 is 5.56 Å². The molecule has 3 heterocycles. The van der Waals surface area contributed by atoms with Crippen LogP contribution in [0.25, 0.3) is 0 Å². The van der Waals surface area contributed by atoms with Crippen LogP contribution in [0.2, 0.25) is 0 Å². The van der Waals surface area contributed by atoms with Crippen LogP contribution in [0.15, 0.2) is 23.0 Å². The molecular formula is C19H25N3O4. The molecule has 0 aromatic carbocycles. The van der Waals surface area contributed by atoms with Crippen LogP contribution in [0, 0.1) is 17.8 Å². The normalized spacial score (nSPS) is 29.9. The summed E-state index contributed by atoms with van der Waals surface area (Å²) in [5.74, 6) is -0.690. The fourth-order valence-corrected chi connectivity index (χ4v) is 4.79. The van der Waals surface area contributed by atoms with Gasteiger partial charge in [-0.25, -0.2) is 0 Å². The van der Waals surface area contributed by atoms with Crippen LogP contribution in [0.4, 0.5) is 0 Å². The van der Waals surface area contributed by atoms with Gasteiger partial charge in [0.05, 0.1) is 6.04 Å². The SMILES string of the molecule is CN(C)C(=O)[C@H]1[C@H](CO)[C@H]2Cn3c(cccc3=O)[C@H]2N1C(=O)C1CCC1. The van der Waals surface area contributed by atoms with E-state index in [1.807, 2.05) is 6.07 Å². The zero-order valence-corrected chi connectivity index (χ0v) is 15.2. The summed E-state index contributed by atoms with van der Waals surface area (Å²) in [5, 5.41) is 10.1. The topological polar surface area (TPSA) is 82.8 Å². The van der Waals surface area contributed by atoms with E-state index in [0.717, 1.165) is 25.0 Å². The lowest BCUT2D eigenvalue weighted by molar-refractivity contribution is -0.150. The number of likely N-dealkylation sites (tertiary alicyclic amines) is 1. The summed E-state index contributed by atoms with van der Waals surface area (Å²) in [5.41, 5.74) is 0.683. The van der Waals surface area contributed by atoms with E-state index < -0.39 is 6.04 Å². The Kier molecular flexibility index (Phi) is 4.14. The highest BCUT2D eigenvalue weighted by molar-refractivity contribution is 5.90. The molecule has 1 saturated carbocycles. The molecular weight excluding hydrogens is 334 g/mol. The third-order valence-corrected chi connectivity index (χ3v) is 6.35. The summed E-state index contributed by atoms with van der Waals surface area (Å²) in [6.45, 7) is 0.263. The van der Waals surface area contributed by atoms with E-state index in [0.29, 0.717) is 6.54 Å². The van der Waals surface area contributed by atoms with Crippen LogP contribution in [-0.2, 0) is 16.1 Å². The first-order valence-electron chi connectivity index (χ1n) is 9.29. The van der Waals surface area contributed by atoms with Gasteiger partial charge in [0, 0.05) is 56.8 Å². The zero-order chi connectivity index (χ0) is 18.6. The Morgan fingerprint density at radius 1 is 1.27 bits per heavy atom.